The number of nitrogens with zero attached hydrogens (tertiary/aromatic N) is 1. The zero-order valence-corrected chi connectivity index (χ0v) is 17.3. The van der Waals surface area contributed by atoms with Crippen LogP contribution in [0.15, 0.2) is 24.3 Å². The molecular weight excluding hydrogens is 358 g/mol. The van der Waals surface area contributed by atoms with Crippen molar-refractivity contribution in [3.63, 3.8) is 0 Å². The van der Waals surface area contributed by atoms with Crippen LogP contribution in [0.25, 0.3) is 0 Å². The number of carbonyl (C=O) groups is 4. The van der Waals surface area contributed by atoms with Gasteiger partial charge in [0.2, 0.25) is 0 Å². The first kappa shape index (κ1) is 21.8. The maximum Gasteiger partial charge on any atom is 0.306 e. The third-order valence-electron chi connectivity index (χ3n) is 5.01. The first-order chi connectivity index (χ1) is 12.9. The van der Waals surface area contributed by atoms with E-state index in [4.69, 9.17) is 4.74 Å². The number of hydrogen-bond donors (Lipinski definition) is 0. The molecule has 0 radical (unpaired) electrons. The van der Waals surface area contributed by atoms with Gasteiger partial charge in [-0.25, -0.2) is 0 Å². The lowest BCUT2D eigenvalue weighted by Gasteiger charge is -2.51. The molecule has 0 unspecified atom stereocenters. The second kappa shape index (κ2) is 8.25. The van der Waals surface area contributed by atoms with Crippen LogP contribution in [-0.2, 0) is 19.1 Å². The van der Waals surface area contributed by atoms with Crippen LogP contribution < -0.4 is 0 Å². The number of amides is 1. The highest BCUT2D eigenvalue weighted by Gasteiger charge is 2.47. The first-order valence-electron chi connectivity index (χ1n) is 9.53. The Bertz CT molecular complexity index is 757. The number of aryl methyl sites for hydroxylation is 1. The summed E-state index contributed by atoms with van der Waals surface area (Å²) in [6.07, 6.45) is 0.513. The summed E-state index contributed by atoms with van der Waals surface area (Å²) in [5.74, 6) is -0.941. The molecular formula is C22H29NO5. The van der Waals surface area contributed by atoms with Gasteiger partial charge in [-0.3, -0.25) is 19.2 Å². The number of Topliss-reactive ketones (excluding diaryl/α,β-unsaturated/α-hetero) is 2. The molecule has 1 fully saturated rings. The molecule has 28 heavy (non-hydrogen) atoms. The monoisotopic (exact) mass is 387 g/mol. The van der Waals surface area contributed by atoms with Crippen molar-refractivity contribution in [1.29, 1.82) is 0 Å². The van der Waals surface area contributed by atoms with Gasteiger partial charge in [-0.05, 0) is 34.6 Å². The van der Waals surface area contributed by atoms with Gasteiger partial charge in [0.05, 0.1) is 6.42 Å². The van der Waals surface area contributed by atoms with Gasteiger partial charge in [0.15, 0.2) is 12.4 Å². The predicted molar refractivity (Wildman–Crippen MR) is 105 cm³/mol. The van der Waals surface area contributed by atoms with Crippen molar-refractivity contribution in [3.05, 3.63) is 35.4 Å². The van der Waals surface area contributed by atoms with Crippen molar-refractivity contribution in [3.8, 4) is 0 Å². The highest BCUT2D eigenvalue weighted by Crippen LogP contribution is 2.36. The van der Waals surface area contributed by atoms with E-state index in [1.54, 1.807) is 17.0 Å². The van der Waals surface area contributed by atoms with E-state index in [9.17, 15) is 19.2 Å². The molecule has 0 bridgehead atoms. The van der Waals surface area contributed by atoms with Gasteiger partial charge >= 0.3 is 5.97 Å². The molecule has 1 aromatic rings. The second-order valence-corrected chi connectivity index (χ2v) is 8.70. The summed E-state index contributed by atoms with van der Waals surface area (Å²) < 4.78 is 5.11. The van der Waals surface area contributed by atoms with Crippen molar-refractivity contribution >= 4 is 23.4 Å². The summed E-state index contributed by atoms with van der Waals surface area (Å²) in [7, 11) is 0. The molecule has 1 aliphatic heterocycles. The Kier molecular flexibility index (Phi) is 6.42. The van der Waals surface area contributed by atoms with Crippen LogP contribution in [0.1, 0.15) is 69.3 Å². The third kappa shape index (κ3) is 5.27. The quantitative estimate of drug-likeness (QED) is 0.553. The summed E-state index contributed by atoms with van der Waals surface area (Å²) in [6, 6.07) is 7.15. The van der Waals surface area contributed by atoms with E-state index < -0.39 is 23.7 Å². The fraction of sp³-hybridized carbons (Fsp3) is 0.545. The van der Waals surface area contributed by atoms with E-state index in [-0.39, 0.29) is 43.2 Å². The van der Waals surface area contributed by atoms with Gasteiger partial charge < -0.3 is 9.64 Å². The highest BCUT2D eigenvalue weighted by molar-refractivity contribution is 5.97. The number of ether oxygens (including phenoxy) is 1. The summed E-state index contributed by atoms with van der Waals surface area (Å²) in [5.41, 5.74) is 0.337. The number of likely N-dealkylation sites (tertiary alicyclic amines) is 1. The molecule has 0 N–H and O–H groups in total. The summed E-state index contributed by atoms with van der Waals surface area (Å²) in [5, 5.41) is 0. The van der Waals surface area contributed by atoms with Crippen LogP contribution >= 0.6 is 0 Å². The van der Waals surface area contributed by atoms with E-state index in [1.807, 2.05) is 46.8 Å². The minimum atomic E-state index is -0.635. The fourth-order valence-corrected chi connectivity index (χ4v) is 4.06. The number of rotatable bonds is 6. The van der Waals surface area contributed by atoms with Gasteiger partial charge in [0.25, 0.3) is 5.91 Å². The lowest BCUT2D eigenvalue weighted by Crippen LogP contribution is -2.63. The lowest BCUT2D eigenvalue weighted by molar-refractivity contribution is -0.163. The number of esters is 1. The number of ketones is 2. The molecule has 0 atom stereocenters. The van der Waals surface area contributed by atoms with E-state index in [1.165, 1.54) is 0 Å². The smallest absolute Gasteiger partial charge is 0.306 e. The van der Waals surface area contributed by atoms with Gasteiger partial charge in [-0.1, -0.05) is 29.8 Å². The summed E-state index contributed by atoms with van der Waals surface area (Å²) >= 11 is 0. The Labute approximate surface area is 166 Å². The third-order valence-corrected chi connectivity index (χ3v) is 5.01. The van der Waals surface area contributed by atoms with E-state index in [0.29, 0.717) is 5.56 Å². The SMILES string of the molecule is Cc1ccc(C(=O)CCC(=O)OCC(=O)N2C(C)(C)CC(=O)CC2(C)C)cc1. The topological polar surface area (TPSA) is 80.8 Å². The zero-order chi connectivity index (χ0) is 21.1. The molecule has 0 aromatic heterocycles. The lowest BCUT2D eigenvalue weighted by atomic mass is 9.79. The Morgan fingerprint density at radius 2 is 1.50 bits per heavy atom. The standard InChI is InChI=1S/C22H29NO5/c1-15-6-8-16(9-7-15)18(25)10-11-20(27)28-14-19(26)23-21(2,3)12-17(24)13-22(23,4)5/h6-9H,10-14H2,1-5H3. The molecule has 6 heteroatoms. The zero-order valence-electron chi connectivity index (χ0n) is 17.3. The molecule has 1 amide bonds. The van der Waals surface area contributed by atoms with Gasteiger partial charge in [0.1, 0.15) is 5.78 Å². The maximum absolute atomic E-state index is 12.7. The van der Waals surface area contributed by atoms with Gasteiger partial charge in [0, 0.05) is 35.9 Å². The van der Waals surface area contributed by atoms with E-state index >= 15 is 0 Å². The Balaban J connectivity index is 1.88. The molecule has 0 aliphatic carbocycles. The van der Waals surface area contributed by atoms with Crippen molar-refractivity contribution in [2.45, 2.75) is 71.4 Å². The molecule has 1 saturated heterocycles. The minimum Gasteiger partial charge on any atom is -0.456 e. The second-order valence-electron chi connectivity index (χ2n) is 8.70. The largest absolute Gasteiger partial charge is 0.456 e. The van der Waals surface area contributed by atoms with E-state index in [2.05, 4.69) is 0 Å². The molecule has 6 nitrogen and oxygen atoms in total. The van der Waals surface area contributed by atoms with Crippen LogP contribution in [0, 0.1) is 6.92 Å². The minimum absolute atomic E-state index is 0.0330. The van der Waals surface area contributed by atoms with Gasteiger partial charge in [-0.15, -0.1) is 0 Å². The van der Waals surface area contributed by atoms with Crippen molar-refractivity contribution in [1.82, 2.24) is 4.90 Å². The van der Waals surface area contributed by atoms with Crippen molar-refractivity contribution in [2.24, 2.45) is 0 Å². The van der Waals surface area contributed by atoms with Crippen LogP contribution in [-0.4, -0.2) is 46.0 Å². The number of hydrogen-bond acceptors (Lipinski definition) is 5. The molecule has 1 heterocycles. The number of benzene rings is 1. The molecule has 152 valence electrons. The van der Waals surface area contributed by atoms with Crippen LogP contribution in [0.3, 0.4) is 0 Å². The fourth-order valence-electron chi connectivity index (χ4n) is 4.06. The molecule has 1 aliphatic rings. The first-order valence-corrected chi connectivity index (χ1v) is 9.53. The summed E-state index contributed by atoms with van der Waals surface area (Å²) in [6.45, 7) is 8.90. The maximum atomic E-state index is 12.7. The predicted octanol–water partition coefficient (Wildman–Crippen LogP) is 3.25. The average Bonchev–Trinajstić information content (AvgIpc) is 2.55. The molecule has 0 spiro atoms. The highest BCUT2D eigenvalue weighted by atomic mass is 16.5. The molecule has 0 saturated carbocycles. The van der Waals surface area contributed by atoms with Crippen LogP contribution in [0.5, 0.6) is 0 Å². The van der Waals surface area contributed by atoms with Gasteiger partial charge in [-0.2, -0.15) is 0 Å². The number of piperidine rings is 1. The molecule has 1 aromatic carbocycles. The average molecular weight is 387 g/mol. The van der Waals surface area contributed by atoms with E-state index in [0.717, 1.165) is 5.56 Å². The van der Waals surface area contributed by atoms with Crippen molar-refractivity contribution < 1.29 is 23.9 Å². The Morgan fingerprint density at radius 1 is 0.964 bits per heavy atom. The van der Waals surface area contributed by atoms with Crippen LogP contribution in [0.4, 0.5) is 0 Å². The normalized spacial score (nSPS) is 17.9. The number of carbonyl (C=O) groups excluding carboxylic acids is 4. The molecule has 2 rings (SSSR count). The summed E-state index contributed by atoms with van der Waals surface area (Å²) in [4.78, 5) is 50.4. The van der Waals surface area contributed by atoms with Crippen LogP contribution in [0.2, 0.25) is 0 Å². The Hall–Kier alpha value is -2.50. The Morgan fingerprint density at radius 3 is 2.04 bits per heavy atom. The van der Waals surface area contributed by atoms with Crippen molar-refractivity contribution in [2.75, 3.05) is 6.61 Å².